The second kappa shape index (κ2) is 7.57. The zero-order valence-electron chi connectivity index (χ0n) is 15.3. The van der Waals surface area contributed by atoms with Crippen LogP contribution in [0.3, 0.4) is 0 Å². The largest absolute Gasteiger partial charge is 0.496 e. The number of esters is 1. The van der Waals surface area contributed by atoms with Gasteiger partial charge in [-0.2, -0.15) is 0 Å². The number of aliphatic hydroxyl groups is 1. The Labute approximate surface area is 148 Å². The Hall–Kier alpha value is -2.53. The molecule has 2 aromatic carbocycles. The van der Waals surface area contributed by atoms with Crippen molar-refractivity contribution >= 4 is 5.97 Å². The lowest BCUT2D eigenvalue weighted by atomic mass is 9.77. The molecule has 5 heteroatoms. The van der Waals surface area contributed by atoms with Crippen molar-refractivity contribution in [3.63, 3.8) is 0 Å². The Morgan fingerprint density at radius 2 is 1.52 bits per heavy atom. The van der Waals surface area contributed by atoms with Crippen molar-refractivity contribution in [2.75, 3.05) is 14.2 Å². The van der Waals surface area contributed by atoms with Gasteiger partial charge in [0.05, 0.1) is 20.8 Å². The van der Waals surface area contributed by atoms with Gasteiger partial charge in [0.2, 0.25) is 0 Å². The average molecular weight is 344 g/mol. The molecule has 0 aromatic heterocycles. The third-order valence-electron chi connectivity index (χ3n) is 4.31. The van der Waals surface area contributed by atoms with Crippen LogP contribution in [-0.2, 0) is 16.8 Å². The Kier molecular flexibility index (Phi) is 5.69. The monoisotopic (exact) mass is 344 g/mol. The molecule has 0 bridgehead atoms. The van der Waals surface area contributed by atoms with Crippen molar-refractivity contribution in [3.8, 4) is 17.2 Å². The van der Waals surface area contributed by atoms with Crippen LogP contribution in [0.25, 0.3) is 0 Å². The van der Waals surface area contributed by atoms with Gasteiger partial charge in [-0.1, -0.05) is 26.0 Å². The van der Waals surface area contributed by atoms with Crippen molar-refractivity contribution < 1.29 is 24.1 Å². The normalized spacial score (nSPS) is 11.1. The molecule has 0 aliphatic carbocycles. The van der Waals surface area contributed by atoms with Crippen LogP contribution in [-0.4, -0.2) is 25.3 Å². The van der Waals surface area contributed by atoms with Crippen LogP contribution in [0.2, 0.25) is 0 Å². The molecule has 2 aromatic rings. The fourth-order valence-corrected chi connectivity index (χ4v) is 2.75. The number of rotatable bonds is 6. The topological polar surface area (TPSA) is 65.0 Å². The first-order valence-corrected chi connectivity index (χ1v) is 7.98. The van der Waals surface area contributed by atoms with Gasteiger partial charge in [-0.3, -0.25) is 4.79 Å². The Morgan fingerprint density at radius 3 is 2.04 bits per heavy atom. The highest BCUT2D eigenvalue weighted by Crippen LogP contribution is 2.38. The number of aliphatic hydroxyl groups excluding tert-OH is 1. The van der Waals surface area contributed by atoms with Crippen LogP contribution >= 0.6 is 0 Å². The van der Waals surface area contributed by atoms with Crippen LogP contribution in [0.1, 0.15) is 37.5 Å². The summed E-state index contributed by atoms with van der Waals surface area (Å²) in [5.41, 5.74) is 2.41. The minimum Gasteiger partial charge on any atom is -0.496 e. The van der Waals surface area contributed by atoms with Crippen LogP contribution in [0.15, 0.2) is 36.4 Å². The third kappa shape index (κ3) is 3.94. The average Bonchev–Trinajstić information content (AvgIpc) is 2.60. The fraction of sp³-hybridized carbons (Fsp3) is 0.350. The quantitative estimate of drug-likeness (QED) is 0.642. The highest BCUT2D eigenvalue weighted by atomic mass is 16.6. The lowest BCUT2D eigenvalue weighted by Crippen LogP contribution is -2.19. The number of methoxy groups -OCH3 is 2. The molecule has 5 nitrogen and oxygen atoms in total. The number of hydrogen-bond donors (Lipinski definition) is 1. The molecule has 2 rings (SSSR count). The van der Waals surface area contributed by atoms with Crippen molar-refractivity contribution in [1.29, 1.82) is 0 Å². The molecule has 0 atom stereocenters. The van der Waals surface area contributed by atoms with E-state index in [1.165, 1.54) is 14.0 Å². The molecule has 0 radical (unpaired) electrons. The van der Waals surface area contributed by atoms with Gasteiger partial charge in [0.1, 0.15) is 5.75 Å². The number of carbonyl (C=O) groups excluding carboxylic acids is 1. The molecule has 0 aliphatic rings. The Balaban J connectivity index is 2.47. The predicted molar refractivity (Wildman–Crippen MR) is 95.3 cm³/mol. The SMILES string of the molecule is COc1ccc(C(C)(C)c2ccc(OC(C)=O)c(OC)c2)cc1CO. The lowest BCUT2D eigenvalue weighted by molar-refractivity contribution is -0.132. The fourth-order valence-electron chi connectivity index (χ4n) is 2.75. The summed E-state index contributed by atoms with van der Waals surface area (Å²) in [4.78, 5) is 11.2. The number of hydrogen-bond acceptors (Lipinski definition) is 5. The lowest BCUT2D eigenvalue weighted by Gasteiger charge is -2.27. The van der Waals surface area contributed by atoms with E-state index in [-0.39, 0.29) is 12.0 Å². The summed E-state index contributed by atoms with van der Waals surface area (Å²) in [6.45, 7) is 5.42. The molecular formula is C20H24O5. The maximum absolute atomic E-state index is 11.2. The molecule has 134 valence electrons. The highest BCUT2D eigenvalue weighted by molar-refractivity contribution is 5.70. The van der Waals surface area contributed by atoms with Crippen molar-refractivity contribution in [3.05, 3.63) is 53.1 Å². The van der Waals surface area contributed by atoms with E-state index in [1.807, 2.05) is 30.3 Å². The standard InChI is InChI=1S/C20H24O5/c1-13(22)25-18-9-7-16(11-19(18)24-5)20(2,3)15-6-8-17(23-4)14(10-15)12-21/h6-11,21H,12H2,1-5H3. The van der Waals surface area contributed by atoms with E-state index in [2.05, 4.69) is 13.8 Å². The Bertz CT molecular complexity index is 765. The first-order valence-electron chi connectivity index (χ1n) is 7.98. The summed E-state index contributed by atoms with van der Waals surface area (Å²) in [6, 6.07) is 11.3. The van der Waals surface area contributed by atoms with Crippen LogP contribution in [0.5, 0.6) is 17.2 Å². The van der Waals surface area contributed by atoms with E-state index in [0.717, 1.165) is 16.7 Å². The van der Waals surface area contributed by atoms with Gasteiger partial charge in [0, 0.05) is 17.9 Å². The first-order chi connectivity index (χ1) is 11.8. The van der Waals surface area contributed by atoms with E-state index in [1.54, 1.807) is 13.2 Å². The molecule has 0 saturated heterocycles. The highest BCUT2D eigenvalue weighted by Gasteiger charge is 2.25. The van der Waals surface area contributed by atoms with Gasteiger partial charge in [0.15, 0.2) is 11.5 Å². The molecule has 0 amide bonds. The molecule has 0 aliphatic heterocycles. The van der Waals surface area contributed by atoms with Crippen LogP contribution in [0.4, 0.5) is 0 Å². The van der Waals surface area contributed by atoms with E-state index < -0.39 is 5.97 Å². The van der Waals surface area contributed by atoms with Gasteiger partial charge in [-0.05, 0) is 35.4 Å². The molecule has 1 N–H and O–H groups in total. The molecule has 25 heavy (non-hydrogen) atoms. The second-order valence-electron chi connectivity index (χ2n) is 6.27. The van der Waals surface area contributed by atoms with Crippen molar-refractivity contribution in [1.82, 2.24) is 0 Å². The zero-order valence-corrected chi connectivity index (χ0v) is 15.3. The zero-order chi connectivity index (χ0) is 18.6. The van der Waals surface area contributed by atoms with E-state index in [4.69, 9.17) is 14.2 Å². The summed E-state index contributed by atoms with van der Waals surface area (Å²) >= 11 is 0. The summed E-state index contributed by atoms with van der Waals surface area (Å²) < 4.78 is 15.8. The van der Waals surface area contributed by atoms with E-state index in [9.17, 15) is 9.90 Å². The second-order valence-corrected chi connectivity index (χ2v) is 6.27. The number of carbonyl (C=O) groups is 1. The third-order valence-corrected chi connectivity index (χ3v) is 4.31. The van der Waals surface area contributed by atoms with E-state index in [0.29, 0.717) is 17.2 Å². The van der Waals surface area contributed by atoms with E-state index >= 15 is 0 Å². The Morgan fingerprint density at radius 1 is 0.960 bits per heavy atom. The maximum atomic E-state index is 11.2. The predicted octanol–water partition coefficient (Wildman–Crippen LogP) is 3.45. The van der Waals surface area contributed by atoms with Crippen LogP contribution < -0.4 is 14.2 Å². The van der Waals surface area contributed by atoms with Gasteiger partial charge in [0.25, 0.3) is 0 Å². The van der Waals surface area contributed by atoms with Gasteiger partial charge in [-0.25, -0.2) is 0 Å². The van der Waals surface area contributed by atoms with Crippen molar-refractivity contribution in [2.24, 2.45) is 0 Å². The molecular weight excluding hydrogens is 320 g/mol. The van der Waals surface area contributed by atoms with Crippen LogP contribution in [0, 0.1) is 0 Å². The minimum atomic E-state index is -0.395. The number of ether oxygens (including phenoxy) is 3. The summed E-state index contributed by atoms with van der Waals surface area (Å²) in [5, 5.41) is 9.56. The maximum Gasteiger partial charge on any atom is 0.308 e. The first kappa shape index (κ1) is 18.8. The van der Waals surface area contributed by atoms with Crippen molar-refractivity contribution in [2.45, 2.75) is 32.8 Å². The molecule has 0 saturated carbocycles. The summed E-state index contributed by atoms with van der Waals surface area (Å²) in [6.07, 6.45) is 0. The number of benzene rings is 2. The van der Waals surface area contributed by atoms with Gasteiger partial charge < -0.3 is 19.3 Å². The summed E-state index contributed by atoms with van der Waals surface area (Å²) in [7, 11) is 3.12. The summed E-state index contributed by atoms with van der Waals surface area (Å²) in [5.74, 6) is 1.15. The smallest absolute Gasteiger partial charge is 0.308 e. The molecule has 0 spiro atoms. The molecule has 0 unspecified atom stereocenters. The molecule has 0 heterocycles. The van der Waals surface area contributed by atoms with Gasteiger partial charge in [-0.15, -0.1) is 0 Å². The minimum absolute atomic E-state index is 0.0954. The molecule has 0 fully saturated rings. The van der Waals surface area contributed by atoms with Gasteiger partial charge >= 0.3 is 5.97 Å².